The molecule has 9 heteroatoms. The summed E-state index contributed by atoms with van der Waals surface area (Å²) in [6, 6.07) is 5.24. The van der Waals surface area contributed by atoms with E-state index in [1.165, 1.54) is 31.4 Å². The molecule has 0 heterocycles. The van der Waals surface area contributed by atoms with Crippen LogP contribution in [-0.2, 0) is 19.2 Å². The number of benzene rings is 1. The quantitative estimate of drug-likeness (QED) is 0.204. The molecule has 9 nitrogen and oxygen atoms in total. The van der Waals surface area contributed by atoms with Crippen molar-refractivity contribution in [2.45, 2.75) is 12.8 Å². The minimum absolute atomic E-state index is 0.0957. The molecule has 0 fully saturated rings. The van der Waals surface area contributed by atoms with Gasteiger partial charge in [-0.25, -0.2) is 4.79 Å². The number of nitro groups is 1. The predicted octanol–water partition coefficient (Wildman–Crippen LogP) is 0.711. The second-order valence-electron chi connectivity index (χ2n) is 3.82. The van der Waals surface area contributed by atoms with E-state index in [1.54, 1.807) is 0 Å². The number of oxime groups is 1. The lowest BCUT2D eigenvalue weighted by atomic mass is 10.2. The summed E-state index contributed by atoms with van der Waals surface area (Å²) in [5.74, 6) is -1.40. The third kappa shape index (κ3) is 5.27. The second-order valence-corrected chi connectivity index (χ2v) is 3.82. The highest BCUT2D eigenvalue weighted by Crippen LogP contribution is 2.11. The summed E-state index contributed by atoms with van der Waals surface area (Å²) in [5, 5.41) is 13.9. The Morgan fingerprint density at radius 3 is 2.33 bits per heavy atom. The largest absolute Gasteiger partial charge is 0.469 e. The lowest BCUT2D eigenvalue weighted by Crippen LogP contribution is -2.15. The standard InChI is InChI=1S/C12H13N3O6/c1-20-10(16)6-7-11(17)21-14-12(13)8-2-4-9(5-3-8)15(18)19/h2-5H,6-7H2,1H3,(H2,13,14). The average molecular weight is 295 g/mol. The molecule has 2 N–H and O–H groups in total. The Bertz CT molecular complexity index is 567. The molecule has 0 bridgehead atoms. The summed E-state index contributed by atoms with van der Waals surface area (Å²) in [6.07, 6.45) is -0.313. The summed E-state index contributed by atoms with van der Waals surface area (Å²) in [4.78, 5) is 36.5. The van der Waals surface area contributed by atoms with Crippen molar-refractivity contribution in [1.29, 1.82) is 0 Å². The SMILES string of the molecule is COC(=O)CCC(=O)O/N=C(\N)c1ccc([N+](=O)[O-])cc1. The minimum Gasteiger partial charge on any atom is -0.469 e. The van der Waals surface area contributed by atoms with Crippen LogP contribution < -0.4 is 5.73 Å². The van der Waals surface area contributed by atoms with Crippen molar-refractivity contribution in [3.8, 4) is 0 Å². The van der Waals surface area contributed by atoms with Crippen molar-refractivity contribution in [2.24, 2.45) is 10.9 Å². The summed E-state index contributed by atoms with van der Waals surface area (Å²) >= 11 is 0. The van der Waals surface area contributed by atoms with Crippen LogP contribution in [0.2, 0.25) is 0 Å². The fourth-order valence-corrected chi connectivity index (χ4v) is 1.26. The van der Waals surface area contributed by atoms with E-state index in [2.05, 4.69) is 14.7 Å². The highest BCUT2D eigenvalue weighted by molar-refractivity contribution is 5.97. The van der Waals surface area contributed by atoms with Crippen molar-refractivity contribution in [3.05, 3.63) is 39.9 Å². The normalized spacial score (nSPS) is 10.8. The predicted molar refractivity (Wildman–Crippen MR) is 71.2 cm³/mol. The van der Waals surface area contributed by atoms with Gasteiger partial charge in [-0.15, -0.1) is 0 Å². The number of rotatable bonds is 6. The molecule has 0 aliphatic heterocycles. The first kappa shape index (κ1) is 16.1. The average Bonchev–Trinajstić information content (AvgIpc) is 2.50. The number of hydrogen-bond acceptors (Lipinski definition) is 7. The first-order valence-corrected chi connectivity index (χ1v) is 5.79. The van der Waals surface area contributed by atoms with Crippen LogP contribution in [0.1, 0.15) is 18.4 Å². The third-order valence-electron chi connectivity index (χ3n) is 2.38. The van der Waals surface area contributed by atoms with E-state index < -0.39 is 16.9 Å². The Kier molecular flexibility index (Phi) is 5.80. The molecule has 112 valence electrons. The number of nitrogens with zero attached hydrogens (tertiary/aromatic N) is 2. The number of nitrogens with two attached hydrogens (primary N) is 1. The second kappa shape index (κ2) is 7.58. The van der Waals surface area contributed by atoms with E-state index in [1.807, 2.05) is 0 Å². The zero-order valence-corrected chi connectivity index (χ0v) is 11.1. The van der Waals surface area contributed by atoms with Gasteiger partial charge in [0, 0.05) is 17.7 Å². The molecule has 0 atom stereocenters. The van der Waals surface area contributed by atoms with E-state index >= 15 is 0 Å². The Labute approximate surface area is 119 Å². The van der Waals surface area contributed by atoms with Crippen molar-refractivity contribution in [2.75, 3.05) is 7.11 Å². The molecule has 0 amide bonds. The molecule has 1 aromatic rings. The van der Waals surface area contributed by atoms with Gasteiger partial charge in [0.1, 0.15) is 0 Å². The summed E-state index contributed by atoms with van der Waals surface area (Å²) in [6.45, 7) is 0. The molecule has 0 aliphatic carbocycles. The van der Waals surface area contributed by atoms with Gasteiger partial charge in [-0.05, 0) is 12.1 Å². The fourth-order valence-electron chi connectivity index (χ4n) is 1.26. The van der Waals surface area contributed by atoms with Crippen molar-refractivity contribution < 1.29 is 24.1 Å². The molecule has 0 saturated heterocycles. The van der Waals surface area contributed by atoms with Crippen LogP contribution in [0.25, 0.3) is 0 Å². The van der Waals surface area contributed by atoms with Crippen molar-refractivity contribution in [1.82, 2.24) is 0 Å². The molecular weight excluding hydrogens is 282 g/mol. The number of carbonyl (C=O) groups is 2. The lowest BCUT2D eigenvalue weighted by Gasteiger charge is -2.01. The van der Waals surface area contributed by atoms with Gasteiger partial charge in [-0.3, -0.25) is 14.9 Å². The smallest absolute Gasteiger partial charge is 0.335 e. The monoisotopic (exact) mass is 295 g/mol. The Hall–Kier alpha value is -2.97. The maximum atomic E-state index is 11.3. The van der Waals surface area contributed by atoms with Gasteiger partial charge in [0.15, 0.2) is 5.84 Å². The van der Waals surface area contributed by atoms with Crippen LogP contribution >= 0.6 is 0 Å². The molecular formula is C12H13N3O6. The highest BCUT2D eigenvalue weighted by atomic mass is 16.7. The van der Waals surface area contributed by atoms with Crippen LogP contribution in [-0.4, -0.2) is 29.8 Å². The first-order chi connectivity index (χ1) is 9.93. The molecule has 0 spiro atoms. The van der Waals surface area contributed by atoms with E-state index in [-0.39, 0.29) is 24.4 Å². The zero-order valence-electron chi connectivity index (χ0n) is 11.1. The summed E-state index contributed by atoms with van der Waals surface area (Å²) < 4.78 is 4.36. The maximum Gasteiger partial charge on any atom is 0.335 e. The first-order valence-electron chi connectivity index (χ1n) is 5.79. The number of hydrogen-bond donors (Lipinski definition) is 1. The maximum absolute atomic E-state index is 11.3. The number of non-ortho nitro benzene ring substituents is 1. The van der Waals surface area contributed by atoms with E-state index in [4.69, 9.17) is 5.73 Å². The highest BCUT2D eigenvalue weighted by Gasteiger charge is 2.09. The van der Waals surface area contributed by atoms with Crippen LogP contribution in [0.15, 0.2) is 29.4 Å². The molecule has 1 aromatic carbocycles. The number of esters is 1. The Morgan fingerprint density at radius 1 is 1.24 bits per heavy atom. The van der Waals surface area contributed by atoms with E-state index in [9.17, 15) is 19.7 Å². The van der Waals surface area contributed by atoms with E-state index in [0.29, 0.717) is 5.56 Å². The van der Waals surface area contributed by atoms with Crippen molar-refractivity contribution >= 4 is 23.5 Å². The fraction of sp³-hybridized carbons (Fsp3) is 0.250. The van der Waals surface area contributed by atoms with Gasteiger partial charge in [-0.2, -0.15) is 0 Å². The molecule has 21 heavy (non-hydrogen) atoms. The van der Waals surface area contributed by atoms with Gasteiger partial charge in [0.25, 0.3) is 5.69 Å². The number of methoxy groups -OCH3 is 1. The van der Waals surface area contributed by atoms with Gasteiger partial charge in [-0.1, -0.05) is 5.16 Å². The molecule has 0 aliphatic rings. The number of amidine groups is 1. The van der Waals surface area contributed by atoms with Gasteiger partial charge >= 0.3 is 11.9 Å². The summed E-state index contributed by atoms with van der Waals surface area (Å²) in [7, 11) is 1.21. The Balaban J connectivity index is 2.57. The number of carbonyl (C=O) groups excluding carboxylic acids is 2. The molecule has 0 unspecified atom stereocenters. The van der Waals surface area contributed by atoms with Gasteiger partial charge in [0.2, 0.25) is 0 Å². The van der Waals surface area contributed by atoms with Crippen LogP contribution in [0.4, 0.5) is 5.69 Å². The lowest BCUT2D eigenvalue weighted by molar-refractivity contribution is -0.384. The van der Waals surface area contributed by atoms with Gasteiger partial charge in [0.05, 0.1) is 24.9 Å². The van der Waals surface area contributed by atoms with Crippen LogP contribution in [0, 0.1) is 10.1 Å². The summed E-state index contributed by atoms with van der Waals surface area (Å²) in [5.41, 5.74) is 5.83. The minimum atomic E-state index is -0.745. The Morgan fingerprint density at radius 2 is 1.81 bits per heavy atom. The van der Waals surface area contributed by atoms with Gasteiger partial charge < -0.3 is 15.3 Å². The van der Waals surface area contributed by atoms with Crippen LogP contribution in [0.5, 0.6) is 0 Å². The van der Waals surface area contributed by atoms with Crippen molar-refractivity contribution in [3.63, 3.8) is 0 Å². The molecule has 0 radical (unpaired) electrons. The molecule has 1 rings (SSSR count). The third-order valence-corrected chi connectivity index (χ3v) is 2.38. The zero-order chi connectivity index (χ0) is 15.8. The topological polar surface area (TPSA) is 134 Å². The number of ether oxygens (including phenoxy) is 1. The molecule has 0 saturated carbocycles. The van der Waals surface area contributed by atoms with Crippen LogP contribution in [0.3, 0.4) is 0 Å². The number of nitro benzene ring substituents is 1. The molecule has 0 aromatic heterocycles. The van der Waals surface area contributed by atoms with E-state index in [0.717, 1.165) is 0 Å².